The van der Waals surface area contributed by atoms with Crippen molar-refractivity contribution in [3.05, 3.63) is 34.3 Å². The third-order valence-corrected chi connectivity index (χ3v) is 5.31. The molecule has 22 heavy (non-hydrogen) atoms. The molecule has 1 unspecified atom stereocenters. The second-order valence-corrected chi connectivity index (χ2v) is 7.34. The first-order valence-corrected chi connectivity index (χ1v) is 8.67. The summed E-state index contributed by atoms with van der Waals surface area (Å²) in [6.45, 7) is 0.486. The number of β-amino-alcohol motifs (C(OH)–C–C–N with tert-alkyl or cyclic N) is 1. The topological polar surface area (TPSA) is 43.5 Å². The molecule has 0 saturated heterocycles. The Hall–Kier alpha value is -1.20. The van der Waals surface area contributed by atoms with Crippen molar-refractivity contribution in [2.24, 2.45) is 5.92 Å². The molecule has 1 aromatic rings. The third-order valence-electron chi connectivity index (χ3n) is 4.78. The average molecular weight is 366 g/mol. The number of aliphatic hydroxyl groups is 1. The van der Waals surface area contributed by atoms with Gasteiger partial charge in [-0.1, -0.05) is 35.2 Å². The van der Waals surface area contributed by atoms with Crippen molar-refractivity contribution in [3.8, 4) is 0 Å². The molecule has 1 aliphatic heterocycles. The highest BCUT2D eigenvalue weighted by molar-refractivity contribution is 9.10. The largest absolute Gasteiger partial charge is 0.349 e. The molecule has 0 aromatic heterocycles. The first kappa shape index (κ1) is 15.7. The number of amides is 1. The molecule has 1 heterocycles. The zero-order chi connectivity index (χ0) is 15.7. The lowest BCUT2D eigenvalue weighted by Gasteiger charge is -2.35. The van der Waals surface area contributed by atoms with Crippen molar-refractivity contribution in [2.45, 2.75) is 37.8 Å². The van der Waals surface area contributed by atoms with Crippen LogP contribution in [-0.2, 0) is 0 Å². The standard InChI is InChI=1S/C17H22BrN2O2/c1-19-11-17(22,14-5-3-2-4-6-14)20(12-19)16(21)13-7-9-15(18)10-8-13/h7-10,12,14,22H,2-6,11H2,1H3/q+1. The molecule has 1 amide bonds. The number of carbonyl (C=O) groups is 1. The zero-order valence-electron chi connectivity index (χ0n) is 12.8. The molecule has 3 rings (SSSR count). The summed E-state index contributed by atoms with van der Waals surface area (Å²) in [5.41, 5.74) is -0.483. The van der Waals surface area contributed by atoms with Gasteiger partial charge in [0.05, 0.1) is 12.6 Å². The van der Waals surface area contributed by atoms with Crippen LogP contribution < -0.4 is 0 Å². The maximum absolute atomic E-state index is 12.9. The van der Waals surface area contributed by atoms with Crippen molar-refractivity contribution in [2.75, 3.05) is 13.6 Å². The van der Waals surface area contributed by atoms with Crippen LogP contribution in [0, 0.1) is 5.92 Å². The van der Waals surface area contributed by atoms with Gasteiger partial charge in [0.1, 0.15) is 0 Å². The molecule has 1 aromatic carbocycles. The van der Waals surface area contributed by atoms with E-state index in [9.17, 15) is 9.90 Å². The van der Waals surface area contributed by atoms with Gasteiger partial charge in [0.25, 0.3) is 5.72 Å². The second-order valence-electron chi connectivity index (χ2n) is 6.43. The molecule has 1 aliphatic carbocycles. The summed E-state index contributed by atoms with van der Waals surface area (Å²) in [5, 5.41) is 11.3. The Morgan fingerprint density at radius 2 is 1.91 bits per heavy atom. The van der Waals surface area contributed by atoms with E-state index in [0.717, 1.165) is 30.2 Å². The molecule has 0 spiro atoms. The minimum Gasteiger partial charge on any atom is -0.349 e. The molecule has 0 radical (unpaired) electrons. The van der Waals surface area contributed by atoms with E-state index in [-0.39, 0.29) is 11.8 Å². The Morgan fingerprint density at radius 1 is 1.27 bits per heavy atom. The highest BCUT2D eigenvalue weighted by Gasteiger charge is 2.54. The van der Waals surface area contributed by atoms with Crippen molar-refractivity contribution >= 4 is 28.2 Å². The highest BCUT2D eigenvalue weighted by Crippen LogP contribution is 2.37. The van der Waals surface area contributed by atoms with E-state index in [0.29, 0.717) is 12.1 Å². The summed E-state index contributed by atoms with van der Waals surface area (Å²) in [6.07, 6.45) is 7.23. The van der Waals surface area contributed by atoms with Crippen LogP contribution in [0.3, 0.4) is 0 Å². The van der Waals surface area contributed by atoms with Crippen LogP contribution in [0.15, 0.2) is 28.7 Å². The van der Waals surface area contributed by atoms with E-state index >= 15 is 0 Å². The van der Waals surface area contributed by atoms with Gasteiger partial charge in [0.15, 0.2) is 6.54 Å². The Balaban J connectivity index is 1.88. The molecule has 4 nitrogen and oxygen atoms in total. The Labute approximate surface area is 139 Å². The maximum Gasteiger partial charge on any atom is 0.343 e. The van der Waals surface area contributed by atoms with Crippen molar-refractivity contribution in [3.63, 3.8) is 0 Å². The van der Waals surface area contributed by atoms with Gasteiger partial charge in [-0.25, -0.2) is 4.79 Å². The lowest BCUT2D eigenvalue weighted by Crippen LogP contribution is -2.55. The molecule has 1 fully saturated rings. The van der Waals surface area contributed by atoms with Gasteiger partial charge in [-0.05, 0) is 37.1 Å². The van der Waals surface area contributed by atoms with Crippen LogP contribution in [0.5, 0.6) is 0 Å². The quantitative estimate of drug-likeness (QED) is 0.818. The number of carbonyl (C=O) groups excluding carboxylic acids is 1. The predicted molar refractivity (Wildman–Crippen MR) is 89.0 cm³/mol. The smallest absolute Gasteiger partial charge is 0.343 e. The lowest BCUT2D eigenvalue weighted by molar-refractivity contribution is -0.502. The fourth-order valence-electron chi connectivity index (χ4n) is 3.63. The maximum atomic E-state index is 12.9. The van der Waals surface area contributed by atoms with Crippen LogP contribution in [0.4, 0.5) is 0 Å². The molecule has 5 heteroatoms. The molecule has 1 N–H and O–H groups in total. The first-order valence-electron chi connectivity index (χ1n) is 7.87. The van der Waals surface area contributed by atoms with E-state index in [1.807, 2.05) is 23.8 Å². The van der Waals surface area contributed by atoms with Crippen molar-refractivity contribution in [1.82, 2.24) is 4.90 Å². The van der Waals surface area contributed by atoms with Crippen molar-refractivity contribution < 1.29 is 14.5 Å². The number of hydrogen-bond donors (Lipinski definition) is 1. The van der Waals surface area contributed by atoms with Gasteiger partial charge in [-0.15, -0.1) is 0 Å². The number of benzene rings is 1. The number of halogens is 1. The van der Waals surface area contributed by atoms with Gasteiger partial charge in [-0.2, -0.15) is 4.90 Å². The molecule has 118 valence electrons. The SMILES string of the molecule is C[N+]1=CN(C(=O)c2ccc(Br)cc2)C(O)(C2CCCCC2)C1. The van der Waals surface area contributed by atoms with E-state index in [1.54, 1.807) is 23.4 Å². The summed E-state index contributed by atoms with van der Waals surface area (Å²) >= 11 is 3.38. The fourth-order valence-corrected chi connectivity index (χ4v) is 3.90. The van der Waals surface area contributed by atoms with Crippen LogP contribution in [0.25, 0.3) is 0 Å². The predicted octanol–water partition coefficient (Wildman–Crippen LogP) is 2.84. The normalized spacial score (nSPS) is 26.1. The monoisotopic (exact) mass is 365 g/mol. The van der Waals surface area contributed by atoms with Gasteiger partial charge in [0.2, 0.25) is 6.34 Å². The number of nitrogens with zero attached hydrogens (tertiary/aromatic N) is 2. The van der Waals surface area contributed by atoms with E-state index < -0.39 is 5.72 Å². The summed E-state index contributed by atoms with van der Waals surface area (Å²) in [4.78, 5) is 14.4. The van der Waals surface area contributed by atoms with E-state index in [1.165, 1.54) is 6.42 Å². The summed E-state index contributed by atoms with van der Waals surface area (Å²) in [5.74, 6) is 0.0202. The molecule has 2 aliphatic rings. The second kappa shape index (κ2) is 6.13. The van der Waals surface area contributed by atoms with E-state index in [2.05, 4.69) is 15.9 Å². The van der Waals surface area contributed by atoms with Crippen LogP contribution in [-0.4, -0.2) is 46.1 Å². The Morgan fingerprint density at radius 3 is 2.55 bits per heavy atom. The van der Waals surface area contributed by atoms with Crippen LogP contribution >= 0.6 is 15.9 Å². The molecule has 1 saturated carbocycles. The highest BCUT2D eigenvalue weighted by atomic mass is 79.9. The molecule has 1 atom stereocenters. The van der Waals surface area contributed by atoms with Gasteiger partial charge >= 0.3 is 5.91 Å². The Kier molecular flexibility index (Phi) is 4.37. The van der Waals surface area contributed by atoms with Gasteiger partial charge in [0, 0.05) is 10.4 Å². The number of hydrogen-bond acceptors (Lipinski definition) is 2. The molecular formula is C17H22BrN2O2+. The van der Waals surface area contributed by atoms with Crippen LogP contribution in [0.1, 0.15) is 42.5 Å². The lowest BCUT2D eigenvalue weighted by atomic mass is 9.81. The van der Waals surface area contributed by atoms with Crippen LogP contribution in [0.2, 0.25) is 0 Å². The number of likely N-dealkylation sites (N-methyl/N-ethyl adjacent to an activating group) is 1. The number of rotatable bonds is 2. The molecular weight excluding hydrogens is 344 g/mol. The van der Waals surface area contributed by atoms with Gasteiger partial charge in [-0.3, -0.25) is 4.58 Å². The van der Waals surface area contributed by atoms with E-state index in [4.69, 9.17) is 0 Å². The fraction of sp³-hybridized carbons (Fsp3) is 0.529. The minimum atomic E-state index is -1.08. The molecule has 0 bridgehead atoms. The average Bonchev–Trinajstić information content (AvgIpc) is 2.84. The van der Waals surface area contributed by atoms with Crippen molar-refractivity contribution in [1.29, 1.82) is 0 Å². The summed E-state index contributed by atoms with van der Waals surface area (Å²) < 4.78 is 2.85. The summed E-state index contributed by atoms with van der Waals surface area (Å²) in [6, 6.07) is 7.29. The summed E-state index contributed by atoms with van der Waals surface area (Å²) in [7, 11) is 1.91. The van der Waals surface area contributed by atoms with Gasteiger partial charge < -0.3 is 5.11 Å². The third kappa shape index (κ3) is 2.84. The minimum absolute atomic E-state index is 0.134. The Bertz CT molecular complexity index is 593. The zero-order valence-corrected chi connectivity index (χ0v) is 14.4. The first-order chi connectivity index (χ1) is 10.5.